The van der Waals surface area contributed by atoms with E-state index >= 15 is 0 Å². The lowest BCUT2D eigenvalue weighted by Gasteiger charge is -2.30. The van der Waals surface area contributed by atoms with Gasteiger partial charge in [-0.25, -0.2) is 15.0 Å². The van der Waals surface area contributed by atoms with E-state index in [1.807, 2.05) is 12.1 Å². The van der Waals surface area contributed by atoms with Gasteiger partial charge in [-0.2, -0.15) is 5.26 Å². The summed E-state index contributed by atoms with van der Waals surface area (Å²) in [6.45, 7) is 0.670. The second kappa shape index (κ2) is 6.89. The Morgan fingerprint density at radius 3 is 2.90 bits per heavy atom. The first-order chi connectivity index (χ1) is 9.96. The van der Waals surface area contributed by atoms with Crippen LogP contribution in [0.2, 0.25) is 5.02 Å². The zero-order valence-corrected chi connectivity index (χ0v) is 14.3. The number of nitrogens with one attached hydrogen (secondary N) is 1. The summed E-state index contributed by atoms with van der Waals surface area (Å²) < 4.78 is 5.22. The first kappa shape index (κ1) is 16.4. The highest BCUT2D eigenvalue weighted by Gasteiger charge is 2.16. The van der Waals surface area contributed by atoms with Gasteiger partial charge in [0.05, 0.1) is 17.2 Å². The van der Waals surface area contributed by atoms with Gasteiger partial charge in [0.2, 0.25) is 0 Å². The lowest BCUT2D eigenvalue weighted by Crippen LogP contribution is -2.10. The lowest BCUT2D eigenvalue weighted by atomic mass is 10.2. The molecule has 0 saturated heterocycles. The Labute approximate surface area is 135 Å². The highest BCUT2D eigenvalue weighted by molar-refractivity contribution is 8.32. The van der Waals surface area contributed by atoms with Gasteiger partial charge in [-0.15, -0.1) is 0 Å². The van der Waals surface area contributed by atoms with Crippen LogP contribution >= 0.6 is 33.2 Å². The molecule has 0 amide bonds. The maximum atomic E-state index is 8.99. The van der Waals surface area contributed by atoms with Gasteiger partial charge in [0.25, 0.3) is 0 Å². The topological polar surface area (TPSA) is 61.7 Å². The third kappa shape index (κ3) is 4.04. The van der Waals surface area contributed by atoms with Crippen molar-refractivity contribution in [2.75, 3.05) is 30.9 Å². The number of H-pyrrole nitrogens is 1. The molecule has 1 N–H and O–H groups in total. The van der Waals surface area contributed by atoms with E-state index in [-0.39, 0.29) is 6.07 Å². The summed E-state index contributed by atoms with van der Waals surface area (Å²) in [4.78, 5) is 7.53. The minimum Gasteiger partial charge on any atom is -0.365 e. The van der Waals surface area contributed by atoms with Gasteiger partial charge < -0.3 is 9.72 Å². The predicted molar refractivity (Wildman–Crippen MR) is 90.5 cm³/mol. The SMILES string of the molecule is CS(C)(CCOCCl)Cc1cc2c(Cl)c(C#N)cnc2[nH]1. The van der Waals surface area contributed by atoms with Crippen molar-refractivity contribution in [2.24, 2.45) is 0 Å². The minimum atomic E-state index is -0.834. The Balaban J connectivity index is 2.20. The molecule has 0 aliphatic heterocycles. The Kier molecular flexibility index (Phi) is 5.39. The molecule has 0 atom stereocenters. The number of fused-ring (bicyclic) bond motifs is 1. The van der Waals surface area contributed by atoms with Crippen LogP contribution in [0.1, 0.15) is 11.3 Å². The Morgan fingerprint density at radius 1 is 1.48 bits per heavy atom. The molecule has 4 nitrogen and oxygen atoms in total. The fourth-order valence-corrected chi connectivity index (χ4v) is 4.14. The largest absolute Gasteiger partial charge is 0.365 e. The number of nitrogens with zero attached hydrogens (tertiary/aromatic N) is 2. The molecule has 7 heteroatoms. The molecule has 0 saturated carbocycles. The molecular formula is C14H17Cl2N3OS. The zero-order chi connectivity index (χ0) is 15.5. The molecule has 0 radical (unpaired) electrons. The third-order valence-electron chi connectivity index (χ3n) is 3.17. The van der Waals surface area contributed by atoms with Crippen molar-refractivity contribution < 1.29 is 4.74 Å². The number of hydrogen-bond donors (Lipinski definition) is 1. The number of ether oxygens (including phenoxy) is 1. The molecule has 2 aromatic heterocycles. The van der Waals surface area contributed by atoms with E-state index < -0.39 is 10.0 Å². The van der Waals surface area contributed by atoms with Gasteiger partial charge in [0.1, 0.15) is 17.8 Å². The van der Waals surface area contributed by atoms with Crippen LogP contribution in [-0.2, 0) is 10.5 Å². The molecule has 0 unspecified atom stereocenters. The first-order valence-electron chi connectivity index (χ1n) is 6.35. The second-order valence-electron chi connectivity index (χ2n) is 5.29. The summed E-state index contributed by atoms with van der Waals surface area (Å²) in [5, 5.41) is 10.3. The van der Waals surface area contributed by atoms with Gasteiger partial charge in [0, 0.05) is 28.8 Å². The van der Waals surface area contributed by atoms with Gasteiger partial charge >= 0.3 is 0 Å². The van der Waals surface area contributed by atoms with Gasteiger partial charge in [-0.3, -0.25) is 0 Å². The summed E-state index contributed by atoms with van der Waals surface area (Å²) in [6.07, 6.45) is 6.01. The summed E-state index contributed by atoms with van der Waals surface area (Å²) >= 11 is 11.7. The average Bonchev–Trinajstić information content (AvgIpc) is 2.82. The number of alkyl halides is 1. The maximum Gasteiger partial charge on any atom is 0.139 e. The first-order valence-corrected chi connectivity index (χ1v) is 10.1. The van der Waals surface area contributed by atoms with Crippen LogP contribution in [0.4, 0.5) is 0 Å². The molecule has 21 heavy (non-hydrogen) atoms. The molecule has 0 aliphatic carbocycles. The van der Waals surface area contributed by atoms with E-state index in [1.165, 1.54) is 6.20 Å². The van der Waals surface area contributed by atoms with Crippen molar-refractivity contribution in [1.82, 2.24) is 9.97 Å². The number of pyridine rings is 1. The minimum absolute atomic E-state index is 0.234. The maximum absolute atomic E-state index is 8.99. The van der Waals surface area contributed by atoms with Crippen LogP contribution < -0.4 is 0 Å². The monoisotopic (exact) mass is 345 g/mol. The van der Waals surface area contributed by atoms with Crippen LogP contribution in [0.25, 0.3) is 11.0 Å². The van der Waals surface area contributed by atoms with Gasteiger partial charge in [0.15, 0.2) is 0 Å². The summed E-state index contributed by atoms with van der Waals surface area (Å²) in [6, 6.07) is 4.27. The van der Waals surface area contributed by atoms with Crippen LogP contribution in [0, 0.1) is 11.3 Å². The quantitative estimate of drug-likeness (QED) is 0.638. The number of hydrogen-bond acceptors (Lipinski definition) is 3. The summed E-state index contributed by atoms with van der Waals surface area (Å²) in [7, 11) is -0.834. The van der Waals surface area contributed by atoms with E-state index in [0.29, 0.717) is 17.2 Å². The van der Waals surface area contributed by atoms with Crippen molar-refractivity contribution in [1.29, 1.82) is 5.26 Å². The number of nitriles is 1. The van der Waals surface area contributed by atoms with Crippen molar-refractivity contribution in [3.05, 3.63) is 28.5 Å². The zero-order valence-electron chi connectivity index (χ0n) is 11.9. The predicted octanol–water partition coefficient (Wildman–Crippen LogP) is 3.87. The fourth-order valence-electron chi connectivity index (χ4n) is 2.09. The molecule has 0 fully saturated rings. The second-order valence-corrected chi connectivity index (χ2v) is 10.1. The average molecular weight is 346 g/mol. The van der Waals surface area contributed by atoms with Crippen molar-refractivity contribution in [2.45, 2.75) is 5.75 Å². The van der Waals surface area contributed by atoms with Crippen molar-refractivity contribution in [3.8, 4) is 6.07 Å². The van der Waals surface area contributed by atoms with Crippen molar-refractivity contribution in [3.63, 3.8) is 0 Å². The highest BCUT2D eigenvalue weighted by Crippen LogP contribution is 2.43. The Hall–Kier alpha value is -0.930. The van der Waals surface area contributed by atoms with E-state index in [1.54, 1.807) is 0 Å². The molecule has 114 valence electrons. The molecule has 2 aromatic rings. The van der Waals surface area contributed by atoms with Crippen molar-refractivity contribution >= 4 is 44.3 Å². The molecule has 0 spiro atoms. The third-order valence-corrected chi connectivity index (χ3v) is 6.10. The molecule has 0 bridgehead atoms. The van der Waals surface area contributed by atoms with E-state index in [2.05, 4.69) is 22.5 Å². The normalized spacial score (nSPS) is 12.5. The molecular weight excluding hydrogens is 329 g/mol. The van der Waals surface area contributed by atoms with Crippen LogP contribution in [0.5, 0.6) is 0 Å². The fraction of sp³-hybridized carbons (Fsp3) is 0.429. The van der Waals surface area contributed by atoms with Crippen LogP contribution in [-0.4, -0.2) is 40.9 Å². The number of halogens is 2. The standard InChI is InChI=1S/C14H17Cl2N3OS/c1-21(2,4-3-20-9-15)8-11-5-12-13(16)10(6-17)7-18-14(12)19-11/h5,7H,3-4,8-9H2,1-2H3,(H,18,19). The van der Waals surface area contributed by atoms with Gasteiger partial charge in [-0.1, -0.05) is 23.2 Å². The van der Waals surface area contributed by atoms with E-state index in [4.69, 9.17) is 33.2 Å². The van der Waals surface area contributed by atoms with E-state index in [9.17, 15) is 0 Å². The van der Waals surface area contributed by atoms with Crippen LogP contribution in [0.3, 0.4) is 0 Å². The smallest absolute Gasteiger partial charge is 0.139 e. The molecule has 2 rings (SSSR count). The van der Waals surface area contributed by atoms with Crippen LogP contribution in [0.15, 0.2) is 12.3 Å². The van der Waals surface area contributed by atoms with Gasteiger partial charge in [-0.05, 0) is 18.6 Å². The number of aromatic nitrogens is 2. The molecule has 0 aliphatic rings. The highest BCUT2D eigenvalue weighted by atomic mass is 35.5. The number of aromatic amines is 1. The van der Waals surface area contributed by atoms with E-state index in [0.717, 1.165) is 28.2 Å². The summed E-state index contributed by atoms with van der Waals surface area (Å²) in [5.74, 6) is 1.91. The Bertz CT molecular complexity index is 679. The summed E-state index contributed by atoms with van der Waals surface area (Å²) in [5.41, 5.74) is 2.21. The molecule has 2 heterocycles. The molecule has 0 aromatic carbocycles. The lowest BCUT2D eigenvalue weighted by molar-refractivity contribution is 0.197. The Morgan fingerprint density at radius 2 is 2.24 bits per heavy atom. The number of rotatable bonds is 6.